The third kappa shape index (κ3) is 1.84. The molecule has 0 saturated heterocycles. The van der Waals surface area contributed by atoms with E-state index in [1.807, 2.05) is 0 Å². The number of aliphatic carboxylic acids is 1. The highest BCUT2D eigenvalue weighted by molar-refractivity contribution is 5.74. The predicted molar refractivity (Wildman–Crippen MR) is 43.7 cm³/mol. The second-order valence-electron chi connectivity index (χ2n) is 2.71. The molecule has 2 N–H and O–H groups in total. The summed E-state index contributed by atoms with van der Waals surface area (Å²) in [6.45, 7) is 1.55. The van der Waals surface area contributed by atoms with Crippen LogP contribution in [0.4, 0.5) is 4.39 Å². The van der Waals surface area contributed by atoms with Gasteiger partial charge >= 0.3 is 5.97 Å². The monoisotopic (exact) mass is 184 g/mol. The molecule has 1 rings (SSSR count). The molecule has 0 saturated carbocycles. The van der Waals surface area contributed by atoms with Crippen molar-refractivity contribution >= 4 is 5.97 Å². The van der Waals surface area contributed by atoms with E-state index >= 15 is 0 Å². The molecule has 1 aromatic rings. The van der Waals surface area contributed by atoms with Crippen LogP contribution in [0.2, 0.25) is 0 Å². The molecule has 4 heteroatoms. The van der Waals surface area contributed by atoms with Gasteiger partial charge in [-0.15, -0.1) is 0 Å². The van der Waals surface area contributed by atoms with Gasteiger partial charge in [-0.3, -0.25) is 0 Å². The number of rotatable bonds is 2. The lowest BCUT2D eigenvalue weighted by molar-refractivity contribution is -0.147. The van der Waals surface area contributed by atoms with Gasteiger partial charge in [-0.25, -0.2) is 9.18 Å². The van der Waals surface area contributed by atoms with Gasteiger partial charge in [-0.2, -0.15) is 0 Å². The standard InChI is InChI=1S/C9H9FO3/c1-5-3-2-4-6(10)7(5)8(11)9(12)13/h2-4,8,11H,1H3,(H,12,13). The molecule has 70 valence electrons. The van der Waals surface area contributed by atoms with Crippen LogP contribution in [0.25, 0.3) is 0 Å². The molecule has 0 radical (unpaired) electrons. The van der Waals surface area contributed by atoms with Gasteiger partial charge in [0, 0.05) is 5.56 Å². The second-order valence-corrected chi connectivity index (χ2v) is 2.71. The zero-order chi connectivity index (χ0) is 10.0. The first-order valence-electron chi connectivity index (χ1n) is 3.70. The first kappa shape index (κ1) is 9.67. The quantitative estimate of drug-likeness (QED) is 0.727. The Morgan fingerprint density at radius 2 is 2.15 bits per heavy atom. The summed E-state index contributed by atoms with van der Waals surface area (Å²) < 4.78 is 13.0. The summed E-state index contributed by atoms with van der Waals surface area (Å²) in [5.41, 5.74) is 0.255. The van der Waals surface area contributed by atoms with Crippen molar-refractivity contribution in [2.45, 2.75) is 13.0 Å². The van der Waals surface area contributed by atoms with E-state index in [1.165, 1.54) is 6.07 Å². The Hall–Kier alpha value is -1.42. The van der Waals surface area contributed by atoms with Crippen LogP contribution in [0.1, 0.15) is 17.2 Å². The van der Waals surface area contributed by atoms with Crippen LogP contribution >= 0.6 is 0 Å². The van der Waals surface area contributed by atoms with E-state index in [0.29, 0.717) is 5.56 Å². The minimum atomic E-state index is -1.79. The Morgan fingerprint density at radius 1 is 1.54 bits per heavy atom. The number of aliphatic hydroxyl groups is 1. The van der Waals surface area contributed by atoms with E-state index in [4.69, 9.17) is 10.2 Å². The van der Waals surface area contributed by atoms with Gasteiger partial charge in [-0.1, -0.05) is 12.1 Å². The van der Waals surface area contributed by atoms with Crippen molar-refractivity contribution in [2.75, 3.05) is 0 Å². The highest BCUT2D eigenvalue weighted by atomic mass is 19.1. The number of carbonyl (C=O) groups is 1. The minimum Gasteiger partial charge on any atom is -0.479 e. The Kier molecular flexibility index (Phi) is 2.63. The molecule has 1 unspecified atom stereocenters. The lowest BCUT2D eigenvalue weighted by Crippen LogP contribution is -2.13. The van der Waals surface area contributed by atoms with Crippen LogP contribution in [-0.2, 0) is 4.79 Å². The SMILES string of the molecule is Cc1cccc(F)c1C(O)C(=O)O. The van der Waals surface area contributed by atoms with Crippen molar-refractivity contribution < 1.29 is 19.4 Å². The molecule has 0 bridgehead atoms. The van der Waals surface area contributed by atoms with Crippen molar-refractivity contribution in [2.24, 2.45) is 0 Å². The molecule has 0 heterocycles. The van der Waals surface area contributed by atoms with Gasteiger partial charge < -0.3 is 10.2 Å². The van der Waals surface area contributed by atoms with Crippen molar-refractivity contribution in [3.8, 4) is 0 Å². The summed E-state index contributed by atoms with van der Waals surface area (Å²) in [6, 6.07) is 4.13. The number of aliphatic hydroxyl groups excluding tert-OH is 1. The molecule has 13 heavy (non-hydrogen) atoms. The van der Waals surface area contributed by atoms with E-state index < -0.39 is 17.9 Å². The third-order valence-corrected chi connectivity index (χ3v) is 1.78. The van der Waals surface area contributed by atoms with Crippen molar-refractivity contribution in [1.29, 1.82) is 0 Å². The van der Waals surface area contributed by atoms with Gasteiger partial charge in [-0.05, 0) is 18.6 Å². The molecule has 1 aromatic carbocycles. The number of aryl methyl sites for hydroxylation is 1. The molecule has 0 aromatic heterocycles. The lowest BCUT2D eigenvalue weighted by atomic mass is 10.0. The fourth-order valence-corrected chi connectivity index (χ4v) is 1.11. The van der Waals surface area contributed by atoms with Crippen LogP contribution in [0.15, 0.2) is 18.2 Å². The maximum atomic E-state index is 13.0. The number of carboxylic acids is 1. The number of halogens is 1. The Morgan fingerprint density at radius 3 is 2.62 bits per heavy atom. The molecule has 0 aliphatic heterocycles. The van der Waals surface area contributed by atoms with Crippen molar-refractivity contribution in [1.82, 2.24) is 0 Å². The topological polar surface area (TPSA) is 57.5 Å². The Labute approximate surface area is 74.4 Å². The Bertz CT molecular complexity index is 315. The molecule has 0 aliphatic rings. The summed E-state index contributed by atoms with van der Waals surface area (Å²) >= 11 is 0. The fourth-order valence-electron chi connectivity index (χ4n) is 1.11. The average Bonchev–Trinajstić information content (AvgIpc) is 2.03. The summed E-state index contributed by atoms with van der Waals surface area (Å²) in [7, 11) is 0. The predicted octanol–water partition coefficient (Wildman–Crippen LogP) is 1.25. The van der Waals surface area contributed by atoms with E-state index in [0.717, 1.165) is 6.07 Å². The average molecular weight is 184 g/mol. The maximum absolute atomic E-state index is 13.0. The summed E-state index contributed by atoms with van der Waals surface area (Å²) in [5.74, 6) is -2.15. The van der Waals surface area contributed by atoms with Crippen LogP contribution in [0.5, 0.6) is 0 Å². The highest BCUT2D eigenvalue weighted by Gasteiger charge is 2.21. The largest absolute Gasteiger partial charge is 0.479 e. The van der Waals surface area contributed by atoms with Gasteiger partial charge in [0.05, 0.1) is 0 Å². The summed E-state index contributed by atoms with van der Waals surface area (Å²) in [4.78, 5) is 10.4. The van der Waals surface area contributed by atoms with Crippen molar-refractivity contribution in [3.63, 3.8) is 0 Å². The molecule has 3 nitrogen and oxygen atoms in total. The zero-order valence-corrected chi connectivity index (χ0v) is 6.99. The van der Waals surface area contributed by atoms with E-state index in [1.54, 1.807) is 13.0 Å². The first-order valence-corrected chi connectivity index (χ1v) is 3.70. The van der Waals surface area contributed by atoms with Crippen molar-refractivity contribution in [3.05, 3.63) is 35.1 Å². The number of benzene rings is 1. The highest BCUT2D eigenvalue weighted by Crippen LogP contribution is 2.20. The maximum Gasteiger partial charge on any atom is 0.337 e. The van der Waals surface area contributed by atoms with E-state index in [-0.39, 0.29) is 5.56 Å². The fraction of sp³-hybridized carbons (Fsp3) is 0.222. The van der Waals surface area contributed by atoms with Crippen LogP contribution in [-0.4, -0.2) is 16.2 Å². The number of carboxylic acid groups (broad SMARTS) is 1. The van der Waals surface area contributed by atoms with Crippen LogP contribution in [0.3, 0.4) is 0 Å². The zero-order valence-electron chi connectivity index (χ0n) is 6.99. The van der Waals surface area contributed by atoms with Gasteiger partial charge in [0.15, 0.2) is 6.10 Å². The molecule has 0 aliphatic carbocycles. The van der Waals surface area contributed by atoms with Crippen LogP contribution in [0, 0.1) is 12.7 Å². The lowest BCUT2D eigenvalue weighted by Gasteiger charge is -2.09. The molecular weight excluding hydrogens is 175 g/mol. The summed E-state index contributed by atoms with van der Waals surface area (Å²) in [6.07, 6.45) is -1.79. The van der Waals surface area contributed by atoms with E-state index in [9.17, 15) is 9.18 Å². The molecular formula is C9H9FO3. The normalized spacial score (nSPS) is 12.5. The van der Waals surface area contributed by atoms with Gasteiger partial charge in [0.25, 0.3) is 0 Å². The van der Waals surface area contributed by atoms with Gasteiger partial charge in [0.1, 0.15) is 5.82 Å². The Balaban J connectivity index is 3.20. The van der Waals surface area contributed by atoms with Crippen LogP contribution < -0.4 is 0 Å². The first-order chi connectivity index (χ1) is 6.04. The molecule has 0 fully saturated rings. The molecule has 1 atom stereocenters. The van der Waals surface area contributed by atoms with Gasteiger partial charge in [0.2, 0.25) is 0 Å². The molecule has 0 spiro atoms. The minimum absolute atomic E-state index is 0.171. The smallest absolute Gasteiger partial charge is 0.337 e. The second kappa shape index (κ2) is 3.53. The number of hydrogen-bond donors (Lipinski definition) is 2. The van der Waals surface area contributed by atoms with E-state index in [2.05, 4.69) is 0 Å². The third-order valence-electron chi connectivity index (χ3n) is 1.78. The molecule has 0 amide bonds. The number of hydrogen-bond acceptors (Lipinski definition) is 2. The summed E-state index contributed by atoms with van der Waals surface area (Å²) in [5, 5.41) is 17.6.